The summed E-state index contributed by atoms with van der Waals surface area (Å²) in [6.07, 6.45) is 0. The van der Waals surface area contributed by atoms with Crippen LogP contribution in [0.1, 0.15) is 49.7 Å². The van der Waals surface area contributed by atoms with Crippen LogP contribution in [0.3, 0.4) is 0 Å². The number of amides is 1. The van der Waals surface area contributed by atoms with Gasteiger partial charge < -0.3 is 14.8 Å². The Bertz CT molecular complexity index is 983. The lowest BCUT2D eigenvalue weighted by atomic mass is 10.0. The van der Waals surface area contributed by atoms with Gasteiger partial charge in [0.2, 0.25) is 0 Å². The maximum absolute atomic E-state index is 13.1. The van der Waals surface area contributed by atoms with Gasteiger partial charge in [-0.05, 0) is 44.0 Å². The highest BCUT2D eigenvalue weighted by Gasteiger charge is 2.15. The van der Waals surface area contributed by atoms with Crippen molar-refractivity contribution in [1.82, 2.24) is 4.98 Å². The highest BCUT2D eigenvalue weighted by atomic mass is 16.5. The Morgan fingerprint density at radius 1 is 1.00 bits per heavy atom. The minimum Gasteiger partial charge on any atom is -0.490 e. The molecule has 0 saturated carbocycles. The second kappa shape index (κ2) is 8.74. The van der Waals surface area contributed by atoms with Gasteiger partial charge in [0.05, 0.1) is 24.3 Å². The van der Waals surface area contributed by atoms with Gasteiger partial charge in [-0.25, -0.2) is 0 Å². The summed E-state index contributed by atoms with van der Waals surface area (Å²) in [7, 11) is 0. The zero-order chi connectivity index (χ0) is 20.1. The Balaban J connectivity index is 1.96. The molecule has 5 heteroatoms. The summed E-state index contributed by atoms with van der Waals surface area (Å²) in [5.74, 6) is 1.33. The number of carbonyl (C=O) groups excluding carboxylic acids is 1. The molecule has 28 heavy (non-hydrogen) atoms. The van der Waals surface area contributed by atoms with Gasteiger partial charge >= 0.3 is 0 Å². The van der Waals surface area contributed by atoms with E-state index in [1.54, 1.807) is 6.07 Å². The number of nitrogens with zero attached hydrogens (tertiary/aromatic N) is 1. The molecule has 1 amide bonds. The summed E-state index contributed by atoms with van der Waals surface area (Å²) >= 11 is 0. The van der Waals surface area contributed by atoms with E-state index >= 15 is 0 Å². The van der Waals surface area contributed by atoms with Crippen LogP contribution in [-0.4, -0.2) is 24.1 Å². The van der Waals surface area contributed by atoms with Crippen LogP contribution in [0.5, 0.6) is 11.5 Å². The van der Waals surface area contributed by atoms with Gasteiger partial charge in [0, 0.05) is 22.8 Å². The first-order valence-electron chi connectivity index (χ1n) is 9.64. The standard InChI is InChI=1S/C23H26N2O3/c1-5-27-21-12-11-16(13-22(21)28-6-2)24-23(26)18-14-20(15(3)4)25-19-10-8-7-9-17(18)19/h7-15H,5-6H2,1-4H3,(H,24,26). The van der Waals surface area contributed by atoms with E-state index in [0.717, 1.165) is 16.6 Å². The molecule has 0 atom stereocenters. The SMILES string of the molecule is CCOc1ccc(NC(=O)c2cc(C(C)C)nc3ccccc23)cc1OCC. The molecule has 0 saturated heterocycles. The second-order valence-electron chi connectivity index (χ2n) is 6.75. The van der Waals surface area contributed by atoms with Crippen molar-refractivity contribution < 1.29 is 14.3 Å². The molecule has 5 nitrogen and oxygen atoms in total. The fourth-order valence-corrected chi connectivity index (χ4v) is 3.01. The number of rotatable bonds is 7. The number of fused-ring (bicyclic) bond motifs is 1. The smallest absolute Gasteiger partial charge is 0.256 e. The molecule has 1 N–H and O–H groups in total. The average molecular weight is 378 g/mol. The van der Waals surface area contributed by atoms with Gasteiger partial charge in [0.25, 0.3) is 5.91 Å². The highest BCUT2D eigenvalue weighted by Crippen LogP contribution is 2.31. The van der Waals surface area contributed by atoms with E-state index in [-0.39, 0.29) is 11.8 Å². The Labute approximate surface area is 165 Å². The lowest BCUT2D eigenvalue weighted by molar-refractivity contribution is 0.102. The predicted octanol–water partition coefficient (Wildman–Crippen LogP) is 5.41. The van der Waals surface area contributed by atoms with Crippen molar-refractivity contribution in [3.63, 3.8) is 0 Å². The van der Waals surface area contributed by atoms with Crippen LogP contribution in [0.2, 0.25) is 0 Å². The van der Waals surface area contributed by atoms with Crippen LogP contribution in [0, 0.1) is 0 Å². The lowest BCUT2D eigenvalue weighted by Gasteiger charge is -2.14. The fourth-order valence-electron chi connectivity index (χ4n) is 3.01. The first kappa shape index (κ1) is 19.7. The maximum Gasteiger partial charge on any atom is 0.256 e. The fraction of sp³-hybridized carbons (Fsp3) is 0.304. The number of benzene rings is 2. The molecule has 1 aromatic heterocycles. The lowest BCUT2D eigenvalue weighted by Crippen LogP contribution is -2.14. The number of aromatic nitrogens is 1. The topological polar surface area (TPSA) is 60.5 Å². The van der Waals surface area contributed by atoms with Crippen LogP contribution < -0.4 is 14.8 Å². The summed E-state index contributed by atoms with van der Waals surface area (Å²) in [4.78, 5) is 17.8. The van der Waals surface area contributed by atoms with Crippen molar-refractivity contribution in [3.05, 3.63) is 59.8 Å². The number of nitrogens with one attached hydrogen (secondary N) is 1. The maximum atomic E-state index is 13.1. The second-order valence-corrected chi connectivity index (χ2v) is 6.75. The highest BCUT2D eigenvalue weighted by molar-refractivity contribution is 6.12. The van der Waals surface area contributed by atoms with Crippen LogP contribution in [0.15, 0.2) is 48.5 Å². The van der Waals surface area contributed by atoms with Crippen molar-refractivity contribution in [3.8, 4) is 11.5 Å². The van der Waals surface area contributed by atoms with E-state index in [4.69, 9.17) is 9.47 Å². The third-order valence-electron chi connectivity index (χ3n) is 4.37. The molecule has 0 bridgehead atoms. The van der Waals surface area contributed by atoms with Crippen molar-refractivity contribution >= 4 is 22.5 Å². The van der Waals surface area contributed by atoms with Crippen LogP contribution in [0.4, 0.5) is 5.69 Å². The summed E-state index contributed by atoms with van der Waals surface area (Å²) in [6.45, 7) is 9.04. The van der Waals surface area contributed by atoms with Crippen LogP contribution in [0.25, 0.3) is 10.9 Å². The Morgan fingerprint density at radius 3 is 2.43 bits per heavy atom. The monoisotopic (exact) mass is 378 g/mol. The van der Waals surface area contributed by atoms with Gasteiger partial charge in [0.15, 0.2) is 11.5 Å². The number of hydrogen-bond acceptors (Lipinski definition) is 4. The molecule has 0 unspecified atom stereocenters. The molecule has 1 heterocycles. The number of hydrogen-bond donors (Lipinski definition) is 1. The molecule has 146 valence electrons. The average Bonchev–Trinajstić information content (AvgIpc) is 2.69. The largest absolute Gasteiger partial charge is 0.490 e. The van der Waals surface area contributed by atoms with Gasteiger partial charge in [-0.15, -0.1) is 0 Å². The third-order valence-corrected chi connectivity index (χ3v) is 4.37. The molecular weight excluding hydrogens is 352 g/mol. The van der Waals surface area contributed by atoms with Crippen molar-refractivity contribution in [2.45, 2.75) is 33.6 Å². The number of pyridine rings is 1. The number of anilines is 1. The predicted molar refractivity (Wildman–Crippen MR) is 113 cm³/mol. The van der Waals surface area contributed by atoms with Crippen molar-refractivity contribution in [2.75, 3.05) is 18.5 Å². The number of carbonyl (C=O) groups is 1. The summed E-state index contributed by atoms with van der Waals surface area (Å²) < 4.78 is 11.2. The van der Waals surface area contributed by atoms with Gasteiger partial charge in [0.1, 0.15) is 0 Å². The van der Waals surface area contributed by atoms with Crippen LogP contribution >= 0.6 is 0 Å². The first-order chi connectivity index (χ1) is 13.5. The van der Waals surface area contributed by atoms with E-state index in [1.165, 1.54) is 0 Å². The van der Waals surface area contributed by atoms with Gasteiger partial charge in [-0.1, -0.05) is 32.0 Å². The molecule has 0 aliphatic carbocycles. The Kier molecular flexibility index (Phi) is 6.14. The quantitative estimate of drug-likeness (QED) is 0.597. The molecule has 2 aromatic carbocycles. The van der Waals surface area contributed by atoms with E-state index in [1.807, 2.05) is 56.3 Å². The molecule has 0 aliphatic heterocycles. The van der Waals surface area contributed by atoms with E-state index in [0.29, 0.717) is 36.0 Å². The van der Waals surface area contributed by atoms with Gasteiger partial charge in [-0.3, -0.25) is 9.78 Å². The zero-order valence-corrected chi connectivity index (χ0v) is 16.8. The minimum atomic E-state index is -0.174. The molecule has 0 radical (unpaired) electrons. The van der Waals surface area contributed by atoms with Gasteiger partial charge in [-0.2, -0.15) is 0 Å². The normalized spacial score (nSPS) is 10.9. The van der Waals surface area contributed by atoms with Crippen molar-refractivity contribution in [2.24, 2.45) is 0 Å². The molecule has 0 spiro atoms. The summed E-state index contributed by atoms with van der Waals surface area (Å²) in [5.41, 5.74) is 2.98. The summed E-state index contributed by atoms with van der Waals surface area (Å²) in [5, 5.41) is 3.82. The van der Waals surface area contributed by atoms with Crippen LogP contribution in [-0.2, 0) is 0 Å². The van der Waals surface area contributed by atoms with E-state index < -0.39 is 0 Å². The van der Waals surface area contributed by atoms with E-state index in [2.05, 4.69) is 24.1 Å². The minimum absolute atomic E-state index is 0.174. The third kappa shape index (κ3) is 4.25. The molecule has 3 aromatic rings. The number of ether oxygens (including phenoxy) is 2. The summed E-state index contributed by atoms with van der Waals surface area (Å²) in [6, 6.07) is 15.0. The molecule has 0 fully saturated rings. The molecular formula is C23H26N2O3. The number of para-hydroxylation sites is 1. The van der Waals surface area contributed by atoms with E-state index in [9.17, 15) is 4.79 Å². The zero-order valence-electron chi connectivity index (χ0n) is 16.8. The Morgan fingerprint density at radius 2 is 1.71 bits per heavy atom. The first-order valence-corrected chi connectivity index (χ1v) is 9.64. The molecule has 3 rings (SSSR count). The Hall–Kier alpha value is -3.08. The molecule has 0 aliphatic rings. The van der Waals surface area contributed by atoms with Crippen molar-refractivity contribution in [1.29, 1.82) is 0 Å².